The Kier molecular flexibility index (Phi) is 6.53. The lowest BCUT2D eigenvalue weighted by Gasteiger charge is -2.35. The van der Waals surface area contributed by atoms with Crippen molar-refractivity contribution in [3.8, 4) is 0 Å². The van der Waals surface area contributed by atoms with Gasteiger partial charge in [-0.1, -0.05) is 24.3 Å². The maximum Gasteiger partial charge on any atom is 0.201 e. The Labute approximate surface area is 192 Å². The summed E-state index contributed by atoms with van der Waals surface area (Å²) in [5.41, 5.74) is 4.04. The van der Waals surface area contributed by atoms with Crippen LogP contribution in [0, 0.1) is 0 Å². The first-order valence-corrected chi connectivity index (χ1v) is 11.4. The smallest absolute Gasteiger partial charge is 0.201 e. The summed E-state index contributed by atoms with van der Waals surface area (Å²) in [4.78, 5) is 21.3. The lowest BCUT2D eigenvalue weighted by molar-refractivity contribution is 0.319. The van der Waals surface area contributed by atoms with Gasteiger partial charge in [-0.25, -0.2) is 9.98 Å². The molecule has 170 valence electrons. The van der Waals surface area contributed by atoms with Gasteiger partial charge in [0.05, 0.1) is 22.7 Å². The molecule has 0 atom stereocenters. The average Bonchev–Trinajstić information content (AvgIpc) is 2.79. The topological polar surface area (TPSA) is 40.9 Å². The molecule has 2 fully saturated rings. The van der Waals surface area contributed by atoms with Gasteiger partial charge in [0.2, 0.25) is 11.9 Å². The lowest BCUT2D eigenvalue weighted by Crippen LogP contribution is -2.46. The number of nitrogens with zero attached hydrogens (tertiary/aromatic N) is 7. The van der Waals surface area contributed by atoms with Gasteiger partial charge in [-0.3, -0.25) is 0 Å². The standard InChI is InChI=1S/C25H35N7/c1-28-16-10-17-29(2)24(28)26-20-12-6-8-14-22(20)32(5)23-15-9-7-13-21(23)27-25-30(3)18-11-19-31(25)4/h6-9,12-15H,10-11,16-19H2,1-5H3. The fourth-order valence-corrected chi connectivity index (χ4v) is 4.44. The van der Waals surface area contributed by atoms with Crippen LogP contribution < -0.4 is 4.90 Å². The molecule has 0 radical (unpaired) electrons. The zero-order valence-electron chi connectivity index (χ0n) is 20.0. The molecular formula is C25H35N7. The van der Waals surface area contributed by atoms with E-state index in [1.54, 1.807) is 0 Å². The molecule has 2 aromatic carbocycles. The third kappa shape index (κ3) is 4.52. The van der Waals surface area contributed by atoms with E-state index in [-0.39, 0.29) is 0 Å². The second-order valence-electron chi connectivity index (χ2n) is 8.75. The minimum atomic E-state index is 0.958. The molecule has 0 bridgehead atoms. The van der Waals surface area contributed by atoms with E-state index in [0.717, 1.165) is 73.7 Å². The van der Waals surface area contributed by atoms with Gasteiger partial charge < -0.3 is 24.5 Å². The Morgan fingerprint density at radius 1 is 0.594 bits per heavy atom. The Bertz CT molecular complexity index is 896. The summed E-state index contributed by atoms with van der Waals surface area (Å²) in [6.45, 7) is 4.12. The van der Waals surface area contributed by atoms with Crippen molar-refractivity contribution in [2.24, 2.45) is 9.98 Å². The van der Waals surface area contributed by atoms with Gasteiger partial charge in [-0.15, -0.1) is 0 Å². The van der Waals surface area contributed by atoms with Gasteiger partial charge in [0.1, 0.15) is 0 Å². The predicted octanol–water partition coefficient (Wildman–Crippen LogP) is 3.96. The fraction of sp³-hybridized carbons (Fsp3) is 0.440. The largest absolute Gasteiger partial charge is 0.346 e. The maximum absolute atomic E-state index is 5.07. The van der Waals surface area contributed by atoms with Crippen LogP contribution in [0.5, 0.6) is 0 Å². The Morgan fingerprint density at radius 3 is 1.31 bits per heavy atom. The van der Waals surface area contributed by atoms with E-state index < -0.39 is 0 Å². The molecule has 2 saturated heterocycles. The van der Waals surface area contributed by atoms with Crippen LogP contribution in [-0.4, -0.2) is 92.9 Å². The van der Waals surface area contributed by atoms with Gasteiger partial charge in [0.25, 0.3) is 0 Å². The number of anilines is 2. The quantitative estimate of drug-likeness (QED) is 0.730. The van der Waals surface area contributed by atoms with E-state index in [1.165, 1.54) is 0 Å². The molecule has 32 heavy (non-hydrogen) atoms. The molecule has 0 unspecified atom stereocenters. The minimum absolute atomic E-state index is 0.958. The van der Waals surface area contributed by atoms with Crippen molar-refractivity contribution in [1.82, 2.24) is 19.6 Å². The molecule has 0 saturated carbocycles. The predicted molar refractivity (Wildman–Crippen MR) is 135 cm³/mol. The average molecular weight is 434 g/mol. The number of para-hydroxylation sites is 4. The molecule has 2 heterocycles. The lowest BCUT2D eigenvalue weighted by atomic mass is 10.2. The summed E-state index contributed by atoms with van der Waals surface area (Å²) in [7, 11) is 10.6. The monoisotopic (exact) mass is 433 g/mol. The van der Waals surface area contributed by atoms with Crippen LogP contribution in [-0.2, 0) is 0 Å². The van der Waals surface area contributed by atoms with Crippen molar-refractivity contribution < 1.29 is 0 Å². The second-order valence-corrected chi connectivity index (χ2v) is 8.75. The van der Waals surface area contributed by atoms with Crippen LogP contribution in [0.1, 0.15) is 12.8 Å². The van der Waals surface area contributed by atoms with Gasteiger partial charge in [0, 0.05) is 61.4 Å². The highest BCUT2D eigenvalue weighted by atomic mass is 15.4. The molecule has 0 aromatic heterocycles. The zero-order chi connectivity index (χ0) is 22.7. The molecule has 2 aromatic rings. The molecule has 0 aliphatic carbocycles. The van der Waals surface area contributed by atoms with Crippen LogP contribution in [0.15, 0.2) is 58.5 Å². The maximum atomic E-state index is 5.07. The highest BCUT2D eigenvalue weighted by molar-refractivity contribution is 5.89. The first-order valence-electron chi connectivity index (χ1n) is 11.4. The zero-order valence-corrected chi connectivity index (χ0v) is 20.0. The first kappa shape index (κ1) is 22.0. The second kappa shape index (κ2) is 9.51. The van der Waals surface area contributed by atoms with E-state index in [4.69, 9.17) is 9.98 Å². The minimum Gasteiger partial charge on any atom is -0.346 e. The Balaban J connectivity index is 1.72. The highest BCUT2D eigenvalue weighted by Crippen LogP contribution is 2.38. The summed E-state index contributed by atoms with van der Waals surface area (Å²) in [6.07, 6.45) is 2.31. The summed E-state index contributed by atoms with van der Waals surface area (Å²) in [6, 6.07) is 16.7. The highest BCUT2D eigenvalue weighted by Gasteiger charge is 2.21. The van der Waals surface area contributed by atoms with Crippen LogP contribution in [0.2, 0.25) is 0 Å². The molecule has 7 nitrogen and oxygen atoms in total. The van der Waals surface area contributed by atoms with Crippen LogP contribution >= 0.6 is 0 Å². The normalized spacial score (nSPS) is 17.0. The van der Waals surface area contributed by atoms with Crippen molar-refractivity contribution in [3.63, 3.8) is 0 Å². The van der Waals surface area contributed by atoms with Crippen LogP contribution in [0.4, 0.5) is 22.7 Å². The van der Waals surface area contributed by atoms with E-state index in [9.17, 15) is 0 Å². The van der Waals surface area contributed by atoms with Gasteiger partial charge in [-0.05, 0) is 37.1 Å². The SMILES string of the molecule is CN1CCCN(C)C1=Nc1ccccc1N(C)c1ccccc1N=C1N(C)CCCN1C. The molecule has 0 amide bonds. The van der Waals surface area contributed by atoms with Crippen LogP contribution in [0.3, 0.4) is 0 Å². The molecule has 0 spiro atoms. The van der Waals surface area contributed by atoms with Crippen molar-refractivity contribution >= 4 is 34.7 Å². The number of aliphatic imine (C=N–C) groups is 2. The molecule has 4 rings (SSSR count). The summed E-state index contributed by atoms with van der Waals surface area (Å²) >= 11 is 0. The summed E-state index contributed by atoms with van der Waals surface area (Å²) in [5, 5.41) is 0. The number of guanidine groups is 2. The van der Waals surface area contributed by atoms with Gasteiger partial charge in [0.15, 0.2) is 0 Å². The molecule has 0 N–H and O–H groups in total. The van der Waals surface area contributed by atoms with Gasteiger partial charge in [-0.2, -0.15) is 0 Å². The molecule has 7 heteroatoms. The summed E-state index contributed by atoms with van der Waals surface area (Å²) < 4.78 is 0. The van der Waals surface area contributed by atoms with Crippen molar-refractivity contribution in [2.45, 2.75) is 12.8 Å². The third-order valence-electron chi connectivity index (χ3n) is 6.27. The van der Waals surface area contributed by atoms with E-state index in [0.29, 0.717) is 0 Å². The van der Waals surface area contributed by atoms with Gasteiger partial charge >= 0.3 is 0 Å². The third-order valence-corrected chi connectivity index (χ3v) is 6.27. The number of hydrogen-bond donors (Lipinski definition) is 0. The van der Waals surface area contributed by atoms with E-state index in [1.807, 2.05) is 0 Å². The van der Waals surface area contributed by atoms with E-state index in [2.05, 4.69) is 108 Å². The number of benzene rings is 2. The van der Waals surface area contributed by atoms with Crippen LogP contribution in [0.25, 0.3) is 0 Å². The van der Waals surface area contributed by atoms with E-state index >= 15 is 0 Å². The Morgan fingerprint density at radius 2 is 0.938 bits per heavy atom. The van der Waals surface area contributed by atoms with Crippen molar-refractivity contribution in [2.75, 3.05) is 66.3 Å². The summed E-state index contributed by atoms with van der Waals surface area (Å²) in [5.74, 6) is 2.02. The molecular weight excluding hydrogens is 398 g/mol. The van der Waals surface area contributed by atoms with Crippen molar-refractivity contribution in [3.05, 3.63) is 48.5 Å². The number of hydrogen-bond acceptors (Lipinski definition) is 3. The number of rotatable bonds is 4. The van der Waals surface area contributed by atoms with Crippen molar-refractivity contribution in [1.29, 1.82) is 0 Å². The first-order chi connectivity index (χ1) is 15.5. The molecule has 2 aliphatic heterocycles. The molecule has 2 aliphatic rings. The Hall–Kier alpha value is -3.22. The fourth-order valence-electron chi connectivity index (χ4n) is 4.44.